The Morgan fingerprint density at radius 2 is 2.20 bits per heavy atom. The van der Waals surface area contributed by atoms with Crippen LogP contribution >= 0.6 is 0 Å². The number of aromatic nitrogens is 1. The predicted octanol–water partition coefficient (Wildman–Crippen LogP) is 0.914. The maximum absolute atomic E-state index is 12.0. The van der Waals surface area contributed by atoms with Crippen molar-refractivity contribution in [3.05, 3.63) is 48.1 Å². The van der Waals surface area contributed by atoms with Crippen LogP contribution in [-0.2, 0) is 11.8 Å². The molecule has 0 saturated heterocycles. The summed E-state index contributed by atoms with van der Waals surface area (Å²) in [6, 6.07) is 9.87. The van der Waals surface area contributed by atoms with Crippen molar-refractivity contribution < 1.29 is 40.6 Å². The third-order valence-corrected chi connectivity index (χ3v) is 2.67. The van der Waals surface area contributed by atoms with Gasteiger partial charge in [-0.3, -0.25) is 9.59 Å². The topological polar surface area (TPSA) is 60.3 Å². The number of carbonyl (C=O) groups is 1. The van der Waals surface area contributed by atoms with Gasteiger partial charge in [-0.25, -0.2) is 0 Å². The monoisotopic (exact) mass is 498 g/mol. The third-order valence-electron chi connectivity index (χ3n) is 2.67. The molecule has 0 fully saturated rings. The first-order valence-electron chi connectivity index (χ1n) is 5.46. The molecular weight excluding hydrogens is 482 g/mol. The first-order chi connectivity index (χ1) is 8.63. The van der Waals surface area contributed by atoms with Gasteiger partial charge in [0.1, 0.15) is 0 Å². The number of nitrogens with one attached hydrogen (secondary N) is 1. The Morgan fingerprint density at radius 1 is 1.50 bits per heavy atom. The van der Waals surface area contributed by atoms with E-state index >= 15 is 0 Å². The molecule has 0 aliphatic heterocycles. The maximum atomic E-state index is 12.0. The van der Waals surface area contributed by atoms with Crippen LogP contribution in [0.1, 0.15) is 0 Å². The van der Waals surface area contributed by atoms with E-state index in [1.165, 1.54) is 11.6 Å². The van der Waals surface area contributed by atoms with Crippen molar-refractivity contribution in [3.8, 4) is 5.75 Å². The zero-order valence-corrected chi connectivity index (χ0v) is 15.9. The molecule has 0 unspecified atom stereocenters. The van der Waals surface area contributed by atoms with Crippen LogP contribution in [0.2, 0.25) is 0 Å². The minimum atomic E-state index is -0.281. The average Bonchev–Trinajstić information content (AvgIpc) is 2.41. The summed E-state index contributed by atoms with van der Waals surface area (Å²) in [5.74, 6) is -0.120. The van der Waals surface area contributed by atoms with Crippen LogP contribution in [0.4, 0.5) is 0 Å². The molecule has 2 aromatic rings. The summed E-state index contributed by atoms with van der Waals surface area (Å²) in [5, 5.41) is 3.27. The van der Waals surface area contributed by atoms with E-state index in [1.807, 2.05) is 0 Å². The summed E-state index contributed by atoms with van der Waals surface area (Å²) in [6.07, 6.45) is 0. The molecule has 0 saturated carbocycles. The van der Waals surface area contributed by atoms with E-state index in [0.29, 0.717) is 0 Å². The fourth-order valence-electron chi connectivity index (χ4n) is 1.65. The molecule has 1 aromatic carbocycles. The molecule has 6 heteroatoms. The zero-order chi connectivity index (χ0) is 13.1. The number of amides is 1. The Balaban J connectivity index is 0.00000180. The predicted molar refractivity (Wildman–Crippen MR) is 74.0 cm³/mol. The molecule has 1 N–H and O–H groups in total. The van der Waals surface area contributed by atoms with Crippen molar-refractivity contribution in [3.63, 3.8) is 0 Å². The zero-order valence-electron chi connectivity index (χ0n) is 11.7. The van der Waals surface area contributed by atoms with Crippen molar-refractivity contribution in [2.45, 2.75) is 0 Å². The number of carbonyl (C=O) groups excluding carboxylic acids is 1. The van der Waals surface area contributed by atoms with Crippen molar-refractivity contribution in [1.82, 2.24) is 9.88 Å². The van der Waals surface area contributed by atoms with Crippen LogP contribution < -0.4 is 15.6 Å². The van der Waals surface area contributed by atoms with Crippen molar-refractivity contribution >= 4 is 16.8 Å². The number of likely N-dealkylation sites (N-methyl/N-ethyl adjacent to an activating group) is 1. The third kappa shape index (κ3) is 3.87. The minimum Gasteiger partial charge on any atom is -0.479 e. The smallest absolute Gasteiger partial charge is 0.479 e. The standard InChI is InChI=1S/C13H13N2O3.CH3.U/c1-14-12(16)8-18-11-7-9-5-3-4-6-10(9)15(2)13(11)17;;/h4-7H,8H2,1-2H3,(H,14,16);1H3;/q2*-1;+2. The largest absolute Gasteiger partial charge is 2.00 e. The molecule has 1 aromatic heterocycles. The normalized spacial score (nSPS) is 9.30. The maximum Gasteiger partial charge on any atom is 2.00 e. The van der Waals surface area contributed by atoms with Gasteiger partial charge in [-0.1, -0.05) is 11.6 Å². The summed E-state index contributed by atoms with van der Waals surface area (Å²) in [6.45, 7) is -0.173. The molecule has 5 nitrogen and oxygen atoms in total. The number of hydrogen-bond donors (Lipinski definition) is 1. The van der Waals surface area contributed by atoms with Crippen LogP contribution in [-0.4, -0.2) is 24.1 Å². The Morgan fingerprint density at radius 3 is 2.85 bits per heavy atom. The van der Waals surface area contributed by atoms with Crippen LogP contribution in [0.3, 0.4) is 0 Å². The van der Waals surface area contributed by atoms with Crippen LogP contribution in [0.5, 0.6) is 5.75 Å². The molecule has 0 spiro atoms. The van der Waals surface area contributed by atoms with E-state index < -0.39 is 0 Å². The summed E-state index contributed by atoms with van der Waals surface area (Å²) in [4.78, 5) is 23.1. The number of hydrogen-bond acceptors (Lipinski definition) is 3. The molecule has 2 rings (SSSR count). The average molecular weight is 498 g/mol. The number of fused-ring (bicyclic) bond motifs is 1. The van der Waals surface area contributed by atoms with Gasteiger partial charge in [0.2, 0.25) is 0 Å². The fourth-order valence-corrected chi connectivity index (χ4v) is 1.65. The fraction of sp³-hybridized carbons (Fsp3) is 0.214. The van der Waals surface area contributed by atoms with Crippen molar-refractivity contribution in [1.29, 1.82) is 0 Å². The van der Waals surface area contributed by atoms with Gasteiger partial charge in [0, 0.05) is 14.1 Å². The first kappa shape index (κ1) is 18.8. The summed E-state index contributed by atoms with van der Waals surface area (Å²) < 4.78 is 6.71. The van der Waals surface area contributed by atoms with E-state index in [4.69, 9.17) is 4.74 Å². The second-order valence-electron chi connectivity index (χ2n) is 3.82. The molecular formula is C14H16N2O3U. The summed E-state index contributed by atoms with van der Waals surface area (Å²) in [7, 11) is 3.18. The minimum absolute atomic E-state index is 0. The van der Waals surface area contributed by atoms with Crippen LogP contribution in [0.25, 0.3) is 10.9 Å². The van der Waals surface area contributed by atoms with Gasteiger partial charge in [0.25, 0.3) is 11.5 Å². The Bertz CT molecular complexity index is 652. The van der Waals surface area contributed by atoms with Gasteiger partial charge < -0.3 is 22.0 Å². The summed E-state index contributed by atoms with van der Waals surface area (Å²) >= 11 is 0. The molecule has 1 heterocycles. The van der Waals surface area contributed by atoms with Crippen LogP contribution in [0, 0.1) is 44.6 Å². The van der Waals surface area contributed by atoms with E-state index in [9.17, 15) is 9.59 Å². The van der Waals surface area contributed by atoms with E-state index in [2.05, 4.69) is 11.4 Å². The van der Waals surface area contributed by atoms with Gasteiger partial charge in [-0.15, -0.1) is 11.5 Å². The number of rotatable bonds is 3. The SMILES string of the molecule is CNC(=O)COc1cc2c[c-]ccc2n(C)c1=O.[CH3-].[U+2]. The molecule has 0 radical (unpaired) electrons. The van der Waals surface area contributed by atoms with Gasteiger partial charge in [0.15, 0.2) is 12.4 Å². The van der Waals surface area contributed by atoms with E-state index in [1.54, 1.807) is 31.3 Å². The number of nitrogens with zero attached hydrogens (tertiary/aromatic N) is 1. The molecule has 0 aliphatic carbocycles. The van der Waals surface area contributed by atoms with Crippen molar-refractivity contribution in [2.75, 3.05) is 13.7 Å². The summed E-state index contributed by atoms with van der Waals surface area (Å²) in [5.41, 5.74) is 0.531. The Hall–Kier alpha value is -1.25. The molecule has 1 amide bonds. The molecule has 104 valence electrons. The Kier molecular flexibility index (Phi) is 7.62. The molecule has 0 bridgehead atoms. The Labute approximate surface area is 141 Å². The van der Waals surface area contributed by atoms with E-state index in [-0.39, 0.29) is 62.4 Å². The molecule has 0 aliphatic rings. The number of ether oxygens (including phenoxy) is 1. The molecule has 0 atom stereocenters. The van der Waals surface area contributed by atoms with E-state index in [0.717, 1.165) is 10.9 Å². The van der Waals surface area contributed by atoms with Crippen molar-refractivity contribution in [2.24, 2.45) is 7.05 Å². The van der Waals surface area contributed by atoms with Gasteiger partial charge in [-0.05, 0) is 0 Å². The second-order valence-corrected chi connectivity index (χ2v) is 3.82. The number of aryl methyl sites for hydroxylation is 1. The first-order valence-corrected chi connectivity index (χ1v) is 5.46. The van der Waals surface area contributed by atoms with Gasteiger partial charge >= 0.3 is 31.1 Å². The van der Waals surface area contributed by atoms with Crippen LogP contribution in [0.15, 0.2) is 29.1 Å². The van der Waals surface area contributed by atoms with Gasteiger partial charge in [0.05, 0.1) is 0 Å². The quantitative estimate of drug-likeness (QED) is 0.641. The second kappa shape index (κ2) is 8.13. The van der Waals surface area contributed by atoms with Gasteiger partial charge in [-0.2, -0.15) is 18.2 Å². The number of benzene rings is 1. The molecule has 20 heavy (non-hydrogen) atoms. The number of pyridine rings is 1.